The second-order valence-electron chi connectivity index (χ2n) is 6.84. The fourth-order valence-electron chi connectivity index (χ4n) is 3.30. The van der Waals surface area contributed by atoms with Crippen molar-refractivity contribution >= 4 is 20.8 Å². The summed E-state index contributed by atoms with van der Waals surface area (Å²) in [6.45, 7) is 1.86. The highest BCUT2D eigenvalue weighted by atomic mass is 32.2. The summed E-state index contributed by atoms with van der Waals surface area (Å²) < 4.78 is 28.5. The first kappa shape index (κ1) is 18.4. The molecule has 0 spiro atoms. The van der Waals surface area contributed by atoms with Crippen LogP contribution in [0.15, 0.2) is 102 Å². The second kappa shape index (κ2) is 7.58. The number of rotatable bonds is 5. The molecule has 4 rings (SSSR count). The van der Waals surface area contributed by atoms with Crippen LogP contribution in [0.1, 0.15) is 18.5 Å². The van der Waals surface area contributed by atoms with E-state index in [-0.39, 0.29) is 10.9 Å². The number of benzene rings is 4. The zero-order chi connectivity index (χ0) is 19.6. The molecule has 1 unspecified atom stereocenters. The van der Waals surface area contributed by atoms with Crippen molar-refractivity contribution in [3.8, 4) is 11.1 Å². The molecule has 4 aromatic rings. The molecule has 0 fully saturated rings. The third-order valence-corrected chi connectivity index (χ3v) is 6.42. The predicted octanol–water partition coefficient (Wildman–Crippen LogP) is 5.55. The Kier molecular flexibility index (Phi) is 4.99. The van der Waals surface area contributed by atoms with Gasteiger partial charge in [-0.2, -0.15) is 0 Å². The van der Waals surface area contributed by atoms with Gasteiger partial charge < -0.3 is 0 Å². The van der Waals surface area contributed by atoms with Crippen LogP contribution in [-0.4, -0.2) is 8.42 Å². The molecule has 0 aliphatic rings. The molecule has 28 heavy (non-hydrogen) atoms. The lowest BCUT2D eigenvalue weighted by molar-refractivity contribution is 0.567. The molecule has 1 N–H and O–H groups in total. The maximum absolute atomic E-state index is 12.8. The number of hydrogen-bond acceptors (Lipinski definition) is 2. The zero-order valence-electron chi connectivity index (χ0n) is 15.5. The topological polar surface area (TPSA) is 46.2 Å². The van der Waals surface area contributed by atoms with Crippen LogP contribution in [0.2, 0.25) is 0 Å². The summed E-state index contributed by atoms with van der Waals surface area (Å²) in [5.74, 6) is 0. The average molecular weight is 388 g/mol. The van der Waals surface area contributed by atoms with Crippen LogP contribution in [0.3, 0.4) is 0 Å². The third kappa shape index (κ3) is 3.84. The summed E-state index contributed by atoms with van der Waals surface area (Å²) in [6, 6.07) is 30.7. The molecule has 0 aliphatic heterocycles. The summed E-state index contributed by atoms with van der Waals surface area (Å²) in [4.78, 5) is 0.277. The van der Waals surface area contributed by atoms with Crippen LogP contribution >= 0.6 is 0 Å². The molecule has 0 aromatic heterocycles. The quantitative estimate of drug-likeness (QED) is 0.488. The number of nitrogens with one attached hydrogen (secondary N) is 1. The minimum absolute atomic E-state index is 0.277. The van der Waals surface area contributed by atoms with Crippen molar-refractivity contribution in [2.24, 2.45) is 0 Å². The van der Waals surface area contributed by atoms with Crippen molar-refractivity contribution in [3.63, 3.8) is 0 Å². The molecular formula is C24H21NO2S. The average Bonchev–Trinajstić information content (AvgIpc) is 2.74. The van der Waals surface area contributed by atoms with Gasteiger partial charge in [0, 0.05) is 6.04 Å². The van der Waals surface area contributed by atoms with E-state index in [1.54, 1.807) is 12.1 Å². The van der Waals surface area contributed by atoms with Crippen molar-refractivity contribution < 1.29 is 8.42 Å². The maximum atomic E-state index is 12.8. The van der Waals surface area contributed by atoms with Crippen LogP contribution in [0, 0.1) is 0 Å². The first-order valence-electron chi connectivity index (χ1n) is 9.19. The molecule has 0 heterocycles. The van der Waals surface area contributed by atoms with Gasteiger partial charge in [0.1, 0.15) is 0 Å². The number of sulfonamides is 1. The Morgan fingerprint density at radius 1 is 0.679 bits per heavy atom. The smallest absolute Gasteiger partial charge is 0.207 e. The van der Waals surface area contributed by atoms with E-state index < -0.39 is 10.0 Å². The summed E-state index contributed by atoms with van der Waals surface area (Å²) in [6.07, 6.45) is 0. The van der Waals surface area contributed by atoms with Gasteiger partial charge in [-0.15, -0.1) is 0 Å². The summed E-state index contributed by atoms with van der Waals surface area (Å²) in [5.41, 5.74) is 3.16. The standard InChI is InChI=1S/C24H21NO2S/c1-18(19-11-13-22(14-12-19)20-7-3-2-4-8-20)25-28(26,27)24-16-15-21-9-5-6-10-23(21)17-24/h2-18,25H,1H3. The van der Waals surface area contributed by atoms with E-state index in [1.165, 1.54) is 0 Å². The minimum atomic E-state index is -3.61. The van der Waals surface area contributed by atoms with Crippen LogP contribution in [0.5, 0.6) is 0 Å². The Bertz CT molecular complexity index is 1200. The van der Waals surface area contributed by atoms with Gasteiger partial charge in [0.25, 0.3) is 0 Å². The SMILES string of the molecule is CC(NS(=O)(=O)c1ccc2ccccc2c1)c1ccc(-c2ccccc2)cc1. The molecule has 0 bridgehead atoms. The van der Waals surface area contributed by atoms with Crippen LogP contribution in [-0.2, 0) is 10.0 Å². The van der Waals surface area contributed by atoms with Gasteiger partial charge in [-0.1, -0.05) is 84.9 Å². The van der Waals surface area contributed by atoms with Crippen LogP contribution in [0.25, 0.3) is 21.9 Å². The van der Waals surface area contributed by atoms with Crippen molar-refractivity contribution in [1.29, 1.82) is 0 Å². The molecule has 0 amide bonds. The first-order chi connectivity index (χ1) is 13.5. The van der Waals surface area contributed by atoms with E-state index in [4.69, 9.17) is 0 Å². The van der Waals surface area contributed by atoms with Crippen molar-refractivity contribution in [2.75, 3.05) is 0 Å². The molecule has 0 aliphatic carbocycles. The summed E-state index contributed by atoms with van der Waals surface area (Å²) in [7, 11) is -3.61. The molecule has 4 heteroatoms. The largest absolute Gasteiger partial charge is 0.241 e. The monoisotopic (exact) mass is 387 g/mol. The van der Waals surface area contributed by atoms with Crippen LogP contribution in [0.4, 0.5) is 0 Å². The molecule has 140 valence electrons. The van der Waals surface area contributed by atoms with Gasteiger partial charge in [0.2, 0.25) is 10.0 Å². The Balaban J connectivity index is 1.55. The van der Waals surface area contributed by atoms with Crippen LogP contribution < -0.4 is 4.72 Å². The van der Waals surface area contributed by atoms with Gasteiger partial charge in [-0.3, -0.25) is 0 Å². The molecular weight excluding hydrogens is 366 g/mol. The zero-order valence-corrected chi connectivity index (χ0v) is 16.4. The van der Waals surface area contributed by atoms with E-state index in [0.29, 0.717) is 0 Å². The van der Waals surface area contributed by atoms with Gasteiger partial charge in [-0.05, 0) is 46.5 Å². The Hall–Kier alpha value is -2.95. The Morgan fingerprint density at radius 2 is 1.29 bits per heavy atom. The normalized spacial score (nSPS) is 12.8. The fraction of sp³-hybridized carbons (Fsp3) is 0.0833. The molecule has 4 aromatic carbocycles. The maximum Gasteiger partial charge on any atom is 0.241 e. The molecule has 1 atom stereocenters. The van der Waals surface area contributed by atoms with Gasteiger partial charge >= 0.3 is 0 Å². The lowest BCUT2D eigenvalue weighted by Crippen LogP contribution is -2.26. The van der Waals surface area contributed by atoms with Gasteiger partial charge in [0.05, 0.1) is 4.90 Å². The van der Waals surface area contributed by atoms with Crippen molar-refractivity contribution in [1.82, 2.24) is 4.72 Å². The Morgan fingerprint density at radius 3 is 2.00 bits per heavy atom. The van der Waals surface area contributed by atoms with E-state index in [2.05, 4.69) is 16.9 Å². The van der Waals surface area contributed by atoms with Gasteiger partial charge in [-0.25, -0.2) is 13.1 Å². The van der Waals surface area contributed by atoms with E-state index >= 15 is 0 Å². The molecule has 0 saturated heterocycles. The minimum Gasteiger partial charge on any atom is -0.207 e. The highest BCUT2D eigenvalue weighted by Gasteiger charge is 2.18. The number of fused-ring (bicyclic) bond motifs is 1. The van der Waals surface area contributed by atoms with E-state index in [1.807, 2.05) is 79.7 Å². The lowest BCUT2D eigenvalue weighted by atomic mass is 10.0. The first-order valence-corrected chi connectivity index (χ1v) is 10.7. The molecule has 0 radical (unpaired) electrons. The lowest BCUT2D eigenvalue weighted by Gasteiger charge is -2.15. The highest BCUT2D eigenvalue weighted by Crippen LogP contribution is 2.24. The van der Waals surface area contributed by atoms with Gasteiger partial charge in [0.15, 0.2) is 0 Å². The molecule has 3 nitrogen and oxygen atoms in total. The number of hydrogen-bond donors (Lipinski definition) is 1. The third-order valence-electron chi connectivity index (χ3n) is 4.88. The second-order valence-corrected chi connectivity index (χ2v) is 8.55. The Labute approximate surface area is 165 Å². The van der Waals surface area contributed by atoms with E-state index in [9.17, 15) is 8.42 Å². The fourth-order valence-corrected chi connectivity index (χ4v) is 4.57. The highest BCUT2D eigenvalue weighted by molar-refractivity contribution is 7.89. The van der Waals surface area contributed by atoms with E-state index in [0.717, 1.165) is 27.5 Å². The summed E-state index contributed by atoms with van der Waals surface area (Å²) in [5, 5.41) is 1.93. The predicted molar refractivity (Wildman–Crippen MR) is 115 cm³/mol. The van der Waals surface area contributed by atoms with Crippen molar-refractivity contribution in [2.45, 2.75) is 17.9 Å². The summed E-state index contributed by atoms with van der Waals surface area (Å²) >= 11 is 0. The van der Waals surface area contributed by atoms with Crippen molar-refractivity contribution in [3.05, 3.63) is 103 Å². The molecule has 0 saturated carbocycles.